The molecule has 3 aromatic heterocycles. The van der Waals surface area contributed by atoms with Gasteiger partial charge in [0.25, 0.3) is 0 Å². The van der Waals surface area contributed by atoms with Crippen molar-refractivity contribution >= 4 is 28.4 Å². The number of halogens is 2. The van der Waals surface area contributed by atoms with E-state index in [9.17, 15) is 13.6 Å². The van der Waals surface area contributed by atoms with Gasteiger partial charge in [0, 0.05) is 38.7 Å². The van der Waals surface area contributed by atoms with E-state index in [2.05, 4.69) is 20.2 Å². The van der Waals surface area contributed by atoms with Crippen LogP contribution in [0.25, 0.3) is 16.7 Å². The predicted molar refractivity (Wildman–Crippen MR) is 106 cm³/mol. The van der Waals surface area contributed by atoms with E-state index < -0.39 is 12.8 Å². The number of aromatic nitrogens is 4. The predicted octanol–water partition coefficient (Wildman–Crippen LogP) is 2.73. The minimum Gasteiger partial charge on any atom is -0.371 e. The molecular formula is C20H20F2N6O2. The Hall–Kier alpha value is -3.14. The zero-order chi connectivity index (χ0) is 20.8. The Kier molecular flexibility index (Phi) is 4.58. The molecule has 3 aromatic rings. The molecule has 6 heterocycles. The third-order valence-corrected chi connectivity index (χ3v) is 5.34. The van der Waals surface area contributed by atoms with Gasteiger partial charge in [-0.1, -0.05) is 6.07 Å². The van der Waals surface area contributed by atoms with Crippen molar-refractivity contribution in [2.75, 3.05) is 30.0 Å². The molecule has 3 aliphatic rings. The average molecular weight is 414 g/mol. The highest BCUT2D eigenvalue weighted by atomic mass is 19.2. The molecule has 1 N–H and O–H groups in total. The number of anilines is 2. The van der Waals surface area contributed by atoms with E-state index in [4.69, 9.17) is 9.84 Å². The lowest BCUT2D eigenvalue weighted by Gasteiger charge is -2.47. The first kappa shape index (κ1) is 18.9. The van der Waals surface area contributed by atoms with Crippen molar-refractivity contribution in [1.29, 1.82) is 0 Å². The fourth-order valence-electron chi connectivity index (χ4n) is 3.99. The number of nitrogens with zero attached hydrogens (tertiary/aromatic N) is 5. The SMILES string of the molecule is CC(=O)Nc1cc2c(cn1)c(N1CC3CC(C1)O3)nn2-c1cccc(C(F)CF)n1. The van der Waals surface area contributed by atoms with Gasteiger partial charge in [0.05, 0.1) is 28.8 Å². The molecule has 3 atom stereocenters. The van der Waals surface area contributed by atoms with Crippen LogP contribution in [0.3, 0.4) is 0 Å². The van der Waals surface area contributed by atoms with Crippen LogP contribution in [-0.4, -0.2) is 57.6 Å². The third kappa shape index (κ3) is 3.26. The topological polar surface area (TPSA) is 85.2 Å². The second-order valence-corrected chi connectivity index (χ2v) is 7.57. The fraction of sp³-hybridized carbons (Fsp3) is 0.400. The van der Waals surface area contributed by atoms with E-state index in [1.165, 1.54) is 13.0 Å². The van der Waals surface area contributed by atoms with Gasteiger partial charge in [0.15, 0.2) is 17.8 Å². The van der Waals surface area contributed by atoms with Crippen LogP contribution in [-0.2, 0) is 9.53 Å². The Morgan fingerprint density at radius 3 is 2.83 bits per heavy atom. The third-order valence-electron chi connectivity index (χ3n) is 5.34. The maximum atomic E-state index is 13.9. The number of hydrogen-bond donors (Lipinski definition) is 1. The summed E-state index contributed by atoms with van der Waals surface area (Å²) in [5.41, 5.74) is 0.660. The van der Waals surface area contributed by atoms with Gasteiger partial charge in [0.2, 0.25) is 5.91 Å². The molecule has 3 saturated heterocycles. The van der Waals surface area contributed by atoms with Crippen LogP contribution >= 0.6 is 0 Å². The first-order valence-electron chi connectivity index (χ1n) is 9.76. The number of pyridine rings is 2. The summed E-state index contributed by atoms with van der Waals surface area (Å²) in [6, 6.07) is 6.44. The molecule has 3 fully saturated rings. The Labute approximate surface area is 170 Å². The summed E-state index contributed by atoms with van der Waals surface area (Å²) in [6.45, 7) is 1.70. The number of ether oxygens (including phenoxy) is 1. The molecule has 0 aromatic carbocycles. The maximum absolute atomic E-state index is 13.9. The molecule has 3 unspecified atom stereocenters. The first-order chi connectivity index (χ1) is 14.5. The molecule has 0 radical (unpaired) electrons. The molecule has 2 bridgehead atoms. The van der Waals surface area contributed by atoms with Gasteiger partial charge >= 0.3 is 0 Å². The van der Waals surface area contributed by atoms with Crippen LogP contribution in [0, 0.1) is 0 Å². The quantitative estimate of drug-likeness (QED) is 0.691. The number of hydrogen-bond acceptors (Lipinski definition) is 6. The molecular weight excluding hydrogens is 394 g/mol. The van der Waals surface area contributed by atoms with Crippen LogP contribution in [0.4, 0.5) is 20.4 Å². The van der Waals surface area contributed by atoms with E-state index in [1.54, 1.807) is 29.1 Å². The summed E-state index contributed by atoms with van der Waals surface area (Å²) in [5, 5.41) is 8.18. The van der Waals surface area contributed by atoms with Gasteiger partial charge in [-0.3, -0.25) is 4.79 Å². The van der Waals surface area contributed by atoms with Crippen molar-refractivity contribution in [3.05, 3.63) is 36.2 Å². The minimum absolute atomic E-state index is 0.00366. The largest absolute Gasteiger partial charge is 0.371 e. The lowest BCUT2D eigenvalue weighted by molar-refractivity contribution is -0.133. The molecule has 6 rings (SSSR count). The molecule has 0 saturated carbocycles. The highest BCUT2D eigenvalue weighted by molar-refractivity contribution is 5.95. The molecule has 156 valence electrons. The van der Waals surface area contributed by atoms with Gasteiger partial charge < -0.3 is 15.0 Å². The van der Waals surface area contributed by atoms with E-state index in [1.807, 2.05) is 0 Å². The van der Waals surface area contributed by atoms with Crippen LogP contribution in [0.1, 0.15) is 25.2 Å². The number of rotatable bonds is 5. The Morgan fingerprint density at radius 2 is 2.13 bits per heavy atom. The molecule has 0 aliphatic carbocycles. The van der Waals surface area contributed by atoms with Crippen molar-refractivity contribution in [1.82, 2.24) is 19.7 Å². The summed E-state index contributed by atoms with van der Waals surface area (Å²) in [7, 11) is 0. The fourth-order valence-corrected chi connectivity index (χ4v) is 3.99. The number of carbonyl (C=O) groups excluding carboxylic acids is 1. The zero-order valence-electron chi connectivity index (χ0n) is 16.3. The Balaban J connectivity index is 1.63. The number of amides is 1. The average Bonchev–Trinajstić information content (AvgIpc) is 3.11. The lowest BCUT2D eigenvalue weighted by Crippen LogP contribution is -2.57. The summed E-state index contributed by atoms with van der Waals surface area (Å²) < 4.78 is 34.0. The number of fused-ring (bicyclic) bond motifs is 3. The van der Waals surface area contributed by atoms with Gasteiger partial charge in [-0.2, -0.15) is 0 Å². The highest BCUT2D eigenvalue weighted by Crippen LogP contribution is 2.35. The first-order valence-corrected chi connectivity index (χ1v) is 9.76. The molecule has 1 amide bonds. The summed E-state index contributed by atoms with van der Waals surface area (Å²) in [6.07, 6.45) is 1.28. The number of nitrogens with one attached hydrogen (secondary N) is 1. The zero-order valence-corrected chi connectivity index (χ0v) is 16.3. The van der Waals surface area contributed by atoms with E-state index in [0.29, 0.717) is 17.2 Å². The molecule has 30 heavy (non-hydrogen) atoms. The number of morpholine rings is 1. The van der Waals surface area contributed by atoms with E-state index in [-0.39, 0.29) is 23.8 Å². The van der Waals surface area contributed by atoms with E-state index >= 15 is 0 Å². The summed E-state index contributed by atoms with van der Waals surface area (Å²) in [5.74, 6) is 1.21. The van der Waals surface area contributed by atoms with Crippen molar-refractivity contribution in [2.45, 2.75) is 31.7 Å². The number of carbonyl (C=O) groups is 1. The van der Waals surface area contributed by atoms with Gasteiger partial charge in [0.1, 0.15) is 12.5 Å². The molecule has 0 spiro atoms. The number of piperidine rings is 1. The second-order valence-electron chi connectivity index (χ2n) is 7.57. The van der Waals surface area contributed by atoms with Crippen molar-refractivity contribution < 1.29 is 18.3 Å². The molecule has 8 nitrogen and oxygen atoms in total. The van der Waals surface area contributed by atoms with Crippen LogP contribution in [0.5, 0.6) is 0 Å². The van der Waals surface area contributed by atoms with Crippen molar-refractivity contribution in [2.24, 2.45) is 0 Å². The second kappa shape index (κ2) is 7.28. The van der Waals surface area contributed by atoms with Crippen LogP contribution in [0.2, 0.25) is 0 Å². The molecule has 3 aliphatic heterocycles. The van der Waals surface area contributed by atoms with Gasteiger partial charge in [-0.25, -0.2) is 23.4 Å². The normalized spacial score (nSPS) is 21.4. The number of alkyl halides is 2. The van der Waals surface area contributed by atoms with Crippen LogP contribution < -0.4 is 10.2 Å². The van der Waals surface area contributed by atoms with Gasteiger partial charge in [-0.05, 0) is 12.1 Å². The van der Waals surface area contributed by atoms with Crippen molar-refractivity contribution in [3.63, 3.8) is 0 Å². The Bertz CT molecular complexity index is 1100. The Morgan fingerprint density at radius 1 is 1.37 bits per heavy atom. The summed E-state index contributed by atoms with van der Waals surface area (Å²) >= 11 is 0. The smallest absolute Gasteiger partial charge is 0.222 e. The van der Waals surface area contributed by atoms with Gasteiger partial charge in [-0.15, -0.1) is 5.10 Å². The monoisotopic (exact) mass is 414 g/mol. The standard InChI is InChI=1S/C20H20F2N6O2/c1-11(29)24-18-6-17-14(8-23-18)20(27-9-12-5-13(10-27)30-12)26-28(17)19-4-2-3-16(25-19)15(22)7-21/h2-4,6,8,12-13,15H,5,7,9-10H2,1H3,(H,23,24,29). The van der Waals surface area contributed by atoms with Crippen molar-refractivity contribution in [3.8, 4) is 5.82 Å². The lowest BCUT2D eigenvalue weighted by atomic mass is 9.99. The maximum Gasteiger partial charge on any atom is 0.222 e. The minimum atomic E-state index is -1.80. The summed E-state index contributed by atoms with van der Waals surface area (Å²) in [4.78, 5) is 22.2. The molecule has 10 heteroatoms. The van der Waals surface area contributed by atoms with Crippen LogP contribution in [0.15, 0.2) is 30.5 Å². The highest BCUT2D eigenvalue weighted by Gasteiger charge is 2.39. The van der Waals surface area contributed by atoms with E-state index in [0.717, 1.165) is 30.7 Å².